The Morgan fingerprint density at radius 1 is 0.969 bits per heavy atom. The van der Waals surface area contributed by atoms with Gasteiger partial charge in [-0.2, -0.15) is 0 Å². The Labute approximate surface area is 192 Å². The number of hydrogen-bond donors (Lipinski definition) is 3. The van der Waals surface area contributed by atoms with Gasteiger partial charge >= 0.3 is 0 Å². The highest BCUT2D eigenvalue weighted by Gasteiger charge is 2.10. The van der Waals surface area contributed by atoms with E-state index in [0.29, 0.717) is 17.1 Å². The van der Waals surface area contributed by atoms with E-state index in [0.717, 1.165) is 17.2 Å². The molecule has 0 aromatic heterocycles. The number of ether oxygens (including phenoxy) is 2. The Morgan fingerprint density at radius 2 is 1.69 bits per heavy atom. The molecular weight excluding hydrogens is 426 g/mol. The number of benzene rings is 3. The number of fused-ring (bicyclic) bond motifs is 1. The maximum Gasteiger partial charge on any atom is 0.276 e. The number of carbonyl (C=O) groups is 2. The molecule has 166 valence electrons. The Bertz CT molecular complexity index is 1100. The van der Waals surface area contributed by atoms with Crippen LogP contribution in [0.2, 0.25) is 0 Å². The van der Waals surface area contributed by atoms with Crippen molar-refractivity contribution in [3.05, 3.63) is 72.3 Å². The zero-order valence-electron chi connectivity index (χ0n) is 17.9. The zero-order chi connectivity index (χ0) is 22.9. The number of hydrazine groups is 1. The summed E-state index contributed by atoms with van der Waals surface area (Å²) in [4.78, 5) is 24.4. The van der Waals surface area contributed by atoms with Gasteiger partial charge < -0.3 is 9.47 Å². The summed E-state index contributed by atoms with van der Waals surface area (Å²) in [5.74, 6) is 0.449. The zero-order valence-corrected chi connectivity index (χ0v) is 18.7. The molecule has 0 radical (unpaired) electrons. The highest BCUT2D eigenvalue weighted by Crippen LogP contribution is 2.24. The van der Waals surface area contributed by atoms with Crippen LogP contribution in [-0.4, -0.2) is 29.6 Å². The first-order valence-electron chi connectivity index (χ1n) is 10.2. The van der Waals surface area contributed by atoms with Crippen molar-refractivity contribution in [1.82, 2.24) is 16.2 Å². The van der Waals surface area contributed by atoms with Gasteiger partial charge in [0.05, 0.1) is 6.10 Å². The van der Waals surface area contributed by atoms with E-state index in [1.165, 1.54) is 0 Å². The highest BCUT2D eigenvalue weighted by molar-refractivity contribution is 7.80. The molecule has 0 fully saturated rings. The van der Waals surface area contributed by atoms with Crippen molar-refractivity contribution in [1.29, 1.82) is 0 Å². The summed E-state index contributed by atoms with van der Waals surface area (Å²) in [6, 6.07) is 20.1. The first kappa shape index (κ1) is 23.0. The smallest absolute Gasteiger partial charge is 0.276 e. The van der Waals surface area contributed by atoms with Crippen LogP contribution in [0.15, 0.2) is 66.7 Å². The third-order valence-electron chi connectivity index (χ3n) is 4.68. The molecule has 32 heavy (non-hydrogen) atoms. The van der Waals surface area contributed by atoms with E-state index >= 15 is 0 Å². The second kappa shape index (κ2) is 11.1. The second-order valence-corrected chi connectivity index (χ2v) is 7.49. The first-order chi connectivity index (χ1) is 15.5. The summed E-state index contributed by atoms with van der Waals surface area (Å²) in [6.07, 6.45) is 0.987. The quantitative estimate of drug-likeness (QED) is 0.375. The van der Waals surface area contributed by atoms with Crippen LogP contribution in [0.3, 0.4) is 0 Å². The van der Waals surface area contributed by atoms with Crippen LogP contribution < -0.4 is 25.6 Å². The Balaban J connectivity index is 1.44. The van der Waals surface area contributed by atoms with Crippen molar-refractivity contribution in [2.45, 2.75) is 26.4 Å². The number of amides is 2. The lowest BCUT2D eigenvalue weighted by atomic mass is 10.1. The van der Waals surface area contributed by atoms with E-state index in [2.05, 4.69) is 16.2 Å². The normalized spacial score (nSPS) is 11.3. The van der Waals surface area contributed by atoms with Crippen LogP contribution in [0.25, 0.3) is 10.8 Å². The molecule has 0 bridgehead atoms. The summed E-state index contributed by atoms with van der Waals surface area (Å²) in [6.45, 7) is 3.80. The number of carbonyl (C=O) groups excluding carboxylic acids is 2. The van der Waals surface area contributed by atoms with E-state index < -0.39 is 11.8 Å². The van der Waals surface area contributed by atoms with Gasteiger partial charge in [0.1, 0.15) is 11.5 Å². The largest absolute Gasteiger partial charge is 0.491 e. The Morgan fingerprint density at radius 3 is 2.44 bits per heavy atom. The van der Waals surface area contributed by atoms with E-state index in [1.54, 1.807) is 30.3 Å². The van der Waals surface area contributed by atoms with Gasteiger partial charge in [-0.3, -0.25) is 25.8 Å². The topological polar surface area (TPSA) is 88.7 Å². The van der Waals surface area contributed by atoms with Gasteiger partial charge in [-0.1, -0.05) is 43.3 Å². The van der Waals surface area contributed by atoms with E-state index in [1.807, 2.05) is 50.2 Å². The Hall–Kier alpha value is -3.65. The fraction of sp³-hybridized carbons (Fsp3) is 0.208. The Kier molecular flexibility index (Phi) is 7.99. The van der Waals surface area contributed by atoms with Gasteiger partial charge in [-0.15, -0.1) is 0 Å². The summed E-state index contributed by atoms with van der Waals surface area (Å²) < 4.78 is 11.3. The third kappa shape index (κ3) is 6.42. The second-order valence-electron chi connectivity index (χ2n) is 7.08. The molecule has 0 spiro atoms. The molecule has 3 rings (SSSR count). The molecule has 1 atom stereocenters. The number of nitrogens with one attached hydrogen (secondary N) is 3. The van der Waals surface area contributed by atoms with Crippen molar-refractivity contribution < 1.29 is 19.1 Å². The minimum absolute atomic E-state index is 0.0338. The summed E-state index contributed by atoms with van der Waals surface area (Å²) >= 11 is 5.06. The van der Waals surface area contributed by atoms with Crippen LogP contribution in [0.4, 0.5) is 0 Å². The molecule has 7 nitrogen and oxygen atoms in total. The predicted molar refractivity (Wildman–Crippen MR) is 128 cm³/mol. The molecule has 8 heteroatoms. The number of thiocarbonyl (C=S) groups is 1. The molecule has 0 aliphatic carbocycles. The minimum atomic E-state index is -0.443. The number of hydrogen-bond acceptors (Lipinski definition) is 5. The molecule has 0 saturated heterocycles. The van der Waals surface area contributed by atoms with Crippen molar-refractivity contribution in [3.8, 4) is 11.5 Å². The lowest BCUT2D eigenvalue weighted by Crippen LogP contribution is -2.49. The van der Waals surface area contributed by atoms with Crippen LogP contribution in [0.1, 0.15) is 30.6 Å². The summed E-state index contributed by atoms with van der Waals surface area (Å²) in [5.41, 5.74) is 5.31. The maximum atomic E-state index is 12.3. The van der Waals surface area contributed by atoms with Crippen LogP contribution in [0.5, 0.6) is 11.5 Å². The molecule has 0 heterocycles. The van der Waals surface area contributed by atoms with Gasteiger partial charge in [-0.25, -0.2) is 0 Å². The molecule has 0 aliphatic heterocycles. The molecule has 1 unspecified atom stereocenters. The summed E-state index contributed by atoms with van der Waals surface area (Å²) in [7, 11) is 0. The van der Waals surface area contributed by atoms with Crippen molar-refractivity contribution >= 4 is 39.9 Å². The lowest BCUT2D eigenvalue weighted by Gasteiger charge is -2.13. The fourth-order valence-corrected chi connectivity index (χ4v) is 2.98. The maximum absolute atomic E-state index is 12.3. The van der Waals surface area contributed by atoms with Crippen LogP contribution >= 0.6 is 12.2 Å². The molecule has 2 amide bonds. The van der Waals surface area contributed by atoms with Crippen molar-refractivity contribution in [3.63, 3.8) is 0 Å². The van der Waals surface area contributed by atoms with Gasteiger partial charge in [0, 0.05) is 10.9 Å². The van der Waals surface area contributed by atoms with E-state index in [-0.39, 0.29) is 17.8 Å². The number of rotatable bonds is 7. The molecule has 0 saturated carbocycles. The molecule has 3 aromatic carbocycles. The predicted octanol–water partition coefficient (Wildman–Crippen LogP) is 3.73. The molecule has 0 aliphatic rings. The van der Waals surface area contributed by atoms with Crippen LogP contribution in [-0.2, 0) is 4.79 Å². The molecule has 3 N–H and O–H groups in total. The molecule has 3 aromatic rings. The van der Waals surface area contributed by atoms with E-state index in [9.17, 15) is 9.59 Å². The minimum Gasteiger partial charge on any atom is -0.491 e. The summed E-state index contributed by atoms with van der Waals surface area (Å²) in [5, 5.41) is 4.41. The van der Waals surface area contributed by atoms with Crippen molar-refractivity contribution in [2.75, 3.05) is 6.61 Å². The third-order valence-corrected chi connectivity index (χ3v) is 4.88. The monoisotopic (exact) mass is 451 g/mol. The SMILES string of the molecule is CCC(C)Oc1ccc(C(=O)NC(=S)NNC(=O)COc2cccc3ccccc23)cc1. The average Bonchev–Trinajstić information content (AvgIpc) is 2.81. The molecular formula is C24H25N3O4S. The van der Waals surface area contributed by atoms with Crippen molar-refractivity contribution in [2.24, 2.45) is 0 Å². The van der Waals surface area contributed by atoms with Crippen LogP contribution in [0, 0.1) is 0 Å². The van der Waals surface area contributed by atoms with Gasteiger partial charge in [0.2, 0.25) is 0 Å². The fourth-order valence-electron chi connectivity index (χ4n) is 2.83. The highest BCUT2D eigenvalue weighted by atomic mass is 32.1. The van der Waals surface area contributed by atoms with Gasteiger partial charge in [0.25, 0.3) is 11.8 Å². The lowest BCUT2D eigenvalue weighted by molar-refractivity contribution is -0.123. The van der Waals surface area contributed by atoms with Gasteiger partial charge in [0.15, 0.2) is 11.7 Å². The standard InChI is InChI=1S/C24H25N3O4S/c1-3-16(2)31-19-13-11-18(12-14-19)23(29)25-24(32)27-26-22(28)15-30-21-10-6-8-17-7-4-5-9-20(17)21/h4-14,16H,3,15H2,1-2H3,(H,26,28)(H2,25,27,29,32). The average molecular weight is 452 g/mol. The van der Waals surface area contributed by atoms with E-state index in [4.69, 9.17) is 21.7 Å². The van der Waals surface area contributed by atoms with Gasteiger partial charge in [-0.05, 0) is 61.3 Å². The first-order valence-corrected chi connectivity index (χ1v) is 10.6.